The number of ether oxygens (including phenoxy) is 3. The SMILES string of the molecule is CCCOc1cc([N+](=O)[O-])c(COC(=O)CCCC[Si](OCC)(OCC)OCC)cc1OC. The third-order valence-corrected chi connectivity index (χ3v) is 7.77. The lowest BCUT2D eigenvalue weighted by Crippen LogP contribution is -2.45. The summed E-state index contributed by atoms with van der Waals surface area (Å²) in [5, 5.41) is 11.5. The first-order valence-corrected chi connectivity index (χ1v) is 13.3. The quantitative estimate of drug-likeness (QED) is 0.0958. The van der Waals surface area contributed by atoms with Crippen LogP contribution in [-0.2, 0) is 29.4 Å². The summed E-state index contributed by atoms with van der Waals surface area (Å²) < 4.78 is 33.5. The Hall–Kier alpha value is -2.21. The lowest BCUT2D eigenvalue weighted by molar-refractivity contribution is -0.385. The van der Waals surface area contributed by atoms with Crippen molar-refractivity contribution in [2.75, 3.05) is 33.5 Å². The number of nitrogens with zero attached hydrogens (tertiary/aromatic N) is 1. The molecule has 0 aromatic heterocycles. The van der Waals surface area contributed by atoms with E-state index >= 15 is 0 Å². The number of hydrogen-bond acceptors (Lipinski definition) is 9. The Bertz CT molecular complexity index is 728. The second kappa shape index (κ2) is 15.6. The molecule has 0 saturated heterocycles. The molecule has 11 heteroatoms. The zero-order valence-corrected chi connectivity index (χ0v) is 21.3. The van der Waals surface area contributed by atoms with Gasteiger partial charge in [-0.05, 0) is 46.1 Å². The molecule has 0 aliphatic carbocycles. The third-order valence-electron chi connectivity index (χ3n) is 4.62. The molecule has 0 amide bonds. The number of nitro groups is 1. The average Bonchev–Trinajstić information content (AvgIpc) is 2.79. The fourth-order valence-corrected chi connectivity index (χ4v) is 5.89. The van der Waals surface area contributed by atoms with Crippen LogP contribution in [0, 0.1) is 10.1 Å². The molecule has 0 aliphatic rings. The van der Waals surface area contributed by atoms with Crippen LogP contribution in [0.3, 0.4) is 0 Å². The standard InChI is InChI=1S/C22H37NO9Si/c1-6-13-28-21-16-19(23(25)26)18(15-20(21)27-5)17-29-22(24)12-10-11-14-33(30-7-2,31-8-3)32-9-4/h15-16H,6-14,17H2,1-5H3. The van der Waals surface area contributed by atoms with Gasteiger partial charge in [0.25, 0.3) is 5.69 Å². The molecule has 1 aromatic carbocycles. The highest BCUT2D eigenvalue weighted by atomic mass is 28.4. The van der Waals surface area contributed by atoms with Crippen LogP contribution in [-0.4, -0.2) is 53.2 Å². The van der Waals surface area contributed by atoms with Gasteiger partial charge in [-0.1, -0.05) is 6.92 Å². The molecule has 10 nitrogen and oxygen atoms in total. The van der Waals surface area contributed by atoms with Gasteiger partial charge in [-0.15, -0.1) is 0 Å². The lowest BCUT2D eigenvalue weighted by atomic mass is 10.1. The van der Waals surface area contributed by atoms with Gasteiger partial charge in [0.15, 0.2) is 11.5 Å². The minimum atomic E-state index is -2.74. The molecule has 0 heterocycles. The van der Waals surface area contributed by atoms with Gasteiger partial charge in [0.05, 0.1) is 30.3 Å². The Morgan fingerprint density at radius 2 is 1.64 bits per heavy atom. The van der Waals surface area contributed by atoms with Gasteiger partial charge < -0.3 is 27.5 Å². The summed E-state index contributed by atoms with van der Waals surface area (Å²) in [4.78, 5) is 23.2. The number of nitro benzene ring substituents is 1. The van der Waals surface area contributed by atoms with Crippen molar-refractivity contribution in [1.29, 1.82) is 0 Å². The molecule has 0 spiro atoms. The van der Waals surface area contributed by atoms with Crippen LogP contribution >= 0.6 is 0 Å². The minimum Gasteiger partial charge on any atom is -0.493 e. The van der Waals surface area contributed by atoms with Gasteiger partial charge in [-0.3, -0.25) is 14.9 Å². The van der Waals surface area contributed by atoms with Gasteiger partial charge in [0.2, 0.25) is 0 Å². The number of unbranched alkanes of at least 4 members (excludes halogenated alkanes) is 1. The van der Waals surface area contributed by atoms with E-state index in [0.717, 1.165) is 6.42 Å². The molecule has 1 rings (SSSR count). The fourth-order valence-electron chi connectivity index (χ4n) is 3.20. The highest BCUT2D eigenvalue weighted by Crippen LogP contribution is 2.35. The molecule has 188 valence electrons. The van der Waals surface area contributed by atoms with Crippen LogP contribution in [0.15, 0.2) is 12.1 Å². The number of carbonyl (C=O) groups excluding carboxylic acids is 1. The maximum atomic E-state index is 12.2. The highest BCUT2D eigenvalue weighted by Gasteiger charge is 2.39. The van der Waals surface area contributed by atoms with Gasteiger partial charge in [-0.25, -0.2) is 0 Å². The molecule has 0 N–H and O–H groups in total. The van der Waals surface area contributed by atoms with E-state index in [1.165, 1.54) is 19.2 Å². The number of hydrogen-bond donors (Lipinski definition) is 0. The topological polar surface area (TPSA) is 116 Å². The molecule has 0 unspecified atom stereocenters. The maximum absolute atomic E-state index is 12.2. The number of benzene rings is 1. The molecule has 33 heavy (non-hydrogen) atoms. The average molecular weight is 488 g/mol. The largest absolute Gasteiger partial charge is 0.500 e. The van der Waals surface area contributed by atoms with Crippen LogP contribution < -0.4 is 9.47 Å². The third kappa shape index (κ3) is 9.66. The molecule has 0 radical (unpaired) electrons. The number of methoxy groups -OCH3 is 1. The van der Waals surface area contributed by atoms with Crippen molar-refractivity contribution in [3.63, 3.8) is 0 Å². The second-order valence-corrected chi connectivity index (χ2v) is 9.82. The predicted molar refractivity (Wildman–Crippen MR) is 125 cm³/mol. The van der Waals surface area contributed by atoms with Gasteiger partial charge in [-0.2, -0.15) is 0 Å². The minimum absolute atomic E-state index is 0.178. The van der Waals surface area contributed by atoms with Gasteiger partial charge >= 0.3 is 14.8 Å². The van der Waals surface area contributed by atoms with Crippen LogP contribution in [0.1, 0.15) is 58.9 Å². The van der Waals surface area contributed by atoms with Gasteiger partial charge in [0.1, 0.15) is 6.61 Å². The van der Waals surface area contributed by atoms with Crippen molar-refractivity contribution in [2.45, 2.75) is 66.0 Å². The summed E-state index contributed by atoms with van der Waals surface area (Å²) in [6.07, 6.45) is 2.17. The Kier molecular flexibility index (Phi) is 13.6. The molecule has 1 aromatic rings. The Labute approximate surface area is 197 Å². The Balaban J connectivity index is 2.68. The first kappa shape index (κ1) is 28.8. The van der Waals surface area contributed by atoms with E-state index in [-0.39, 0.29) is 30.0 Å². The lowest BCUT2D eigenvalue weighted by Gasteiger charge is -2.28. The second-order valence-electron chi connectivity index (χ2n) is 7.09. The molecule has 0 bridgehead atoms. The van der Waals surface area contributed by atoms with E-state index in [2.05, 4.69) is 0 Å². The summed E-state index contributed by atoms with van der Waals surface area (Å²) >= 11 is 0. The molecular formula is C22H37NO9Si. The number of rotatable bonds is 18. The van der Waals surface area contributed by atoms with E-state index in [0.29, 0.717) is 51.1 Å². The molecule has 0 atom stereocenters. The zero-order valence-electron chi connectivity index (χ0n) is 20.3. The van der Waals surface area contributed by atoms with Crippen molar-refractivity contribution in [1.82, 2.24) is 0 Å². The Morgan fingerprint density at radius 1 is 1.00 bits per heavy atom. The monoisotopic (exact) mass is 487 g/mol. The predicted octanol–water partition coefficient (Wildman–Crippen LogP) is 4.65. The van der Waals surface area contributed by atoms with E-state index in [1.54, 1.807) is 0 Å². The van der Waals surface area contributed by atoms with E-state index in [4.69, 9.17) is 27.5 Å². The zero-order chi connectivity index (χ0) is 24.7. The van der Waals surface area contributed by atoms with Crippen molar-refractivity contribution >= 4 is 20.5 Å². The van der Waals surface area contributed by atoms with Crippen LogP contribution in [0.4, 0.5) is 5.69 Å². The normalized spacial score (nSPS) is 11.3. The van der Waals surface area contributed by atoms with Crippen molar-refractivity contribution in [2.24, 2.45) is 0 Å². The van der Waals surface area contributed by atoms with Gasteiger partial charge in [0, 0.05) is 32.3 Å². The number of carbonyl (C=O) groups is 1. The van der Waals surface area contributed by atoms with Crippen LogP contribution in [0.25, 0.3) is 0 Å². The van der Waals surface area contributed by atoms with E-state index in [9.17, 15) is 14.9 Å². The van der Waals surface area contributed by atoms with E-state index < -0.39 is 19.7 Å². The maximum Gasteiger partial charge on any atom is 0.500 e. The fraction of sp³-hybridized carbons (Fsp3) is 0.682. The summed E-state index contributed by atoms with van der Waals surface area (Å²) in [5.41, 5.74) is 0.0557. The summed E-state index contributed by atoms with van der Waals surface area (Å²) in [5.74, 6) is 0.196. The molecule has 0 fully saturated rings. The van der Waals surface area contributed by atoms with Crippen LogP contribution in [0.5, 0.6) is 11.5 Å². The van der Waals surface area contributed by atoms with E-state index in [1.807, 2.05) is 27.7 Å². The highest BCUT2D eigenvalue weighted by molar-refractivity contribution is 6.60. The summed E-state index contributed by atoms with van der Waals surface area (Å²) in [6, 6.07) is 3.39. The van der Waals surface area contributed by atoms with Crippen molar-refractivity contribution in [3.05, 3.63) is 27.8 Å². The van der Waals surface area contributed by atoms with Crippen molar-refractivity contribution < 1.29 is 37.2 Å². The number of esters is 1. The first-order chi connectivity index (χ1) is 15.9. The summed E-state index contributed by atoms with van der Waals surface area (Å²) in [6.45, 7) is 9.30. The van der Waals surface area contributed by atoms with Crippen LogP contribution in [0.2, 0.25) is 6.04 Å². The molecule has 0 saturated carbocycles. The molecule has 0 aliphatic heterocycles. The summed E-state index contributed by atoms with van der Waals surface area (Å²) in [7, 11) is -1.29. The smallest absolute Gasteiger partial charge is 0.493 e. The Morgan fingerprint density at radius 3 is 2.15 bits per heavy atom. The first-order valence-electron chi connectivity index (χ1n) is 11.4. The molecular weight excluding hydrogens is 450 g/mol. The van der Waals surface area contributed by atoms with Crippen molar-refractivity contribution in [3.8, 4) is 11.5 Å².